The van der Waals surface area contributed by atoms with Crippen molar-refractivity contribution >= 4 is 5.91 Å². The van der Waals surface area contributed by atoms with Crippen molar-refractivity contribution in [2.24, 2.45) is 11.8 Å². The zero-order valence-corrected chi connectivity index (χ0v) is 17.5. The van der Waals surface area contributed by atoms with Crippen molar-refractivity contribution in [2.45, 2.75) is 51.6 Å². The van der Waals surface area contributed by atoms with Crippen molar-refractivity contribution in [3.63, 3.8) is 0 Å². The Hall–Kier alpha value is -2.41. The number of aliphatic hydroxyl groups is 1. The van der Waals surface area contributed by atoms with Gasteiger partial charge in [0.2, 0.25) is 5.91 Å². The average molecular weight is 415 g/mol. The highest BCUT2D eigenvalue weighted by Gasteiger charge is 2.40. The average Bonchev–Trinajstić information content (AvgIpc) is 3.04. The van der Waals surface area contributed by atoms with E-state index in [1.807, 2.05) is 6.92 Å². The van der Waals surface area contributed by atoms with Gasteiger partial charge in [-0.15, -0.1) is 5.10 Å². The Morgan fingerprint density at radius 2 is 1.87 bits per heavy atom. The topological polar surface area (TPSA) is 66.3 Å². The molecule has 4 rings (SSSR count). The first-order valence-electron chi connectivity index (χ1n) is 10.6. The smallest absolute Gasteiger partial charge is 0.231 e. The summed E-state index contributed by atoms with van der Waals surface area (Å²) in [5, 5.41) is 18.5. The minimum atomic E-state index is -0.686. The van der Waals surface area contributed by atoms with Crippen molar-refractivity contribution < 1.29 is 18.7 Å². The molecule has 1 aliphatic carbocycles. The second-order valence-electron chi connectivity index (χ2n) is 8.94. The summed E-state index contributed by atoms with van der Waals surface area (Å²) in [5.41, 5.74) is 1.39. The van der Waals surface area contributed by atoms with Gasteiger partial charge in [0.15, 0.2) is 0 Å². The SMILES string of the molecule is CC(C)[C@@H]1CCC(C(=O)N2C[C@H](C)[C@@H](O)C2)c2nnc(-c3c(F)cccc3F)cc21. The normalized spacial score (nSPS) is 26.2. The number of likely N-dealkylation sites (tertiary alicyclic amines) is 1. The van der Waals surface area contributed by atoms with Crippen molar-refractivity contribution in [3.8, 4) is 11.3 Å². The number of fused-ring (bicyclic) bond motifs is 1. The van der Waals surface area contributed by atoms with E-state index in [0.29, 0.717) is 25.2 Å². The van der Waals surface area contributed by atoms with Crippen LogP contribution >= 0.6 is 0 Å². The predicted octanol–water partition coefficient (Wildman–Crippen LogP) is 3.88. The Morgan fingerprint density at radius 1 is 1.17 bits per heavy atom. The van der Waals surface area contributed by atoms with Crippen LogP contribution in [0.25, 0.3) is 11.3 Å². The number of amides is 1. The van der Waals surface area contributed by atoms with Gasteiger partial charge < -0.3 is 10.0 Å². The van der Waals surface area contributed by atoms with E-state index in [4.69, 9.17) is 0 Å². The molecule has 4 atom stereocenters. The molecule has 1 aliphatic heterocycles. The summed E-state index contributed by atoms with van der Waals surface area (Å²) in [6.45, 7) is 6.96. The van der Waals surface area contributed by atoms with Crippen LogP contribution in [0.5, 0.6) is 0 Å². The summed E-state index contributed by atoms with van der Waals surface area (Å²) in [6, 6.07) is 5.42. The summed E-state index contributed by atoms with van der Waals surface area (Å²) in [4.78, 5) is 14.9. The summed E-state index contributed by atoms with van der Waals surface area (Å²) in [6.07, 6.45) is 0.924. The van der Waals surface area contributed by atoms with Crippen LogP contribution in [0.2, 0.25) is 0 Å². The highest BCUT2D eigenvalue weighted by atomic mass is 19.1. The highest BCUT2D eigenvalue weighted by molar-refractivity contribution is 5.84. The Kier molecular flexibility index (Phi) is 5.57. The molecule has 2 aromatic rings. The number of benzene rings is 1. The largest absolute Gasteiger partial charge is 0.391 e. The number of rotatable bonds is 3. The molecule has 0 saturated carbocycles. The number of carbonyl (C=O) groups excluding carboxylic acids is 1. The first-order valence-corrected chi connectivity index (χ1v) is 10.6. The number of hydrogen-bond donors (Lipinski definition) is 1. The van der Waals surface area contributed by atoms with Crippen LogP contribution < -0.4 is 0 Å². The van der Waals surface area contributed by atoms with Crippen LogP contribution in [-0.4, -0.2) is 45.3 Å². The lowest BCUT2D eigenvalue weighted by Crippen LogP contribution is -2.37. The zero-order valence-electron chi connectivity index (χ0n) is 17.5. The number of hydrogen-bond acceptors (Lipinski definition) is 4. The number of aromatic nitrogens is 2. The lowest BCUT2D eigenvalue weighted by Gasteiger charge is -2.33. The van der Waals surface area contributed by atoms with E-state index < -0.39 is 23.7 Å². The number of β-amino-alcohol motifs (C(OH)–C–C–N with tert-alkyl or cyclic N) is 1. The predicted molar refractivity (Wildman–Crippen MR) is 109 cm³/mol. The second-order valence-corrected chi connectivity index (χ2v) is 8.94. The first kappa shape index (κ1) is 20.8. The molecule has 1 aromatic carbocycles. The monoisotopic (exact) mass is 415 g/mol. The maximum absolute atomic E-state index is 14.3. The van der Waals surface area contributed by atoms with E-state index in [0.717, 1.165) is 12.0 Å². The summed E-state index contributed by atoms with van der Waals surface area (Å²) in [7, 11) is 0. The van der Waals surface area contributed by atoms with Crippen LogP contribution in [0, 0.1) is 23.5 Å². The van der Waals surface area contributed by atoms with E-state index in [-0.39, 0.29) is 34.9 Å². The zero-order chi connectivity index (χ0) is 21.6. The van der Waals surface area contributed by atoms with Crippen LogP contribution in [0.1, 0.15) is 56.7 Å². The van der Waals surface area contributed by atoms with Crippen molar-refractivity contribution in [1.82, 2.24) is 15.1 Å². The van der Waals surface area contributed by atoms with Gasteiger partial charge in [0.05, 0.1) is 29.0 Å². The molecule has 30 heavy (non-hydrogen) atoms. The molecule has 7 heteroatoms. The van der Waals surface area contributed by atoms with Crippen molar-refractivity contribution in [3.05, 3.63) is 47.2 Å². The molecule has 0 spiro atoms. The van der Waals surface area contributed by atoms with Crippen LogP contribution in [-0.2, 0) is 4.79 Å². The van der Waals surface area contributed by atoms with E-state index in [9.17, 15) is 18.7 Å². The van der Waals surface area contributed by atoms with Crippen LogP contribution in [0.15, 0.2) is 24.3 Å². The van der Waals surface area contributed by atoms with Gasteiger partial charge in [-0.1, -0.05) is 26.8 Å². The fourth-order valence-electron chi connectivity index (χ4n) is 4.77. The molecule has 5 nitrogen and oxygen atoms in total. The molecular formula is C23H27F2N3O2. The summed E-state index contributed by atoms with van der Waals surface area (Å²) < 4.78 is 28.6. The van der Waals surface area contributed by atoms with Crippen molar-refractivity contribution in [1.29, 1.82) is 0 Å². The molecule has 0 radical (unpaired) electrons. The van der Waals surface area contributed by atoms with Gasteiger partial charge in [-0.2, -0.15) is 5.10 Å². The van der Waals surface area contributed by atoms with Gasteiger partial charge in [-0.25, -0.2) is 8.78 Å². The minimum absolute atomic E-state index is 0.0397. The fraction of sp³-hybridized carbons (Fsp3) is 0.522. The third kappa shape index (κ3) is 3.60. The Labute approximate surface area is 175 Å². The van der Waals surface area contributed by atoms with Crippen LogP contribution in [0.3, 0.4) is 0 Å². The molecule has 1 aromatic heterocycles. The van der Waals surface area contributed by atoms with E-state index in [1.165, 1.54) is 18.2 Å². The number of halogens is 2. The maximum atomic E-state index is 14.3. The van der Waals surface area contributed by atoms with Crippen LogP contribution in [0.4, 0.5) is 8.78 Å². The number of aliphatic hydroxyl groups excluding tert-OH is 1. The highest BCUT2D eigenvalue weighted by Crippen LogP contribution is 2.43. The third-order valence-corrected chi connectivity index (χ3v) is 6.56. The quantitative estimate of drug-likeness (QED) is 0.826. The van der Waals surface area contributed by atoms with Gasteiger partial charge in [0.25, 0.3) is 0 Å². The molecule has 1 fully saturated rings. The van der Waals surface area contributed by atoms with E-state index in [1.54, 1.807) is 11.0 Å². The van der Waals surface area contributed by atoms with E-state index >= 15 is 0 Å². The van der Waals surface area contributed by atoms with Gasteiger partial charge in [-0.3, -0.25) is 4.79 Å². The van der Waals surface area contributed by atoms with Crippen molar-refractivity contribution in [2.75, 3.05) is 13.1 Å². The molecule has 2 heterocycles. The van der Waals surface area contributed by atoms with E-state index in [2.05, 4.69) is 24.0 Å². The first-order chi connectivity index (χ1) is 14.3. The number of carbonyl (C=O) groups is 1. The molecule has 1 saturated heterocycles. The lowest BCUT2D eigenvalue weighted by molar-refractivity contribution is -0.132. The van der Waals surface area contributed by atoms with Gasteiger partial charge in [0, 0.05) is 19.0 Å². The molecule has 0 bridgehead atoms. The third-order valence-electron chi connectivity index (χ3n) is 6.56. The summed E-state index contributed by atoms with van der Waals surface area (Å²) >= 11 is 0. The summed E-state index contributed by atoms with van der Waals surface area (Å²) in [5.74, 6) is -1.41. The lowest BCUT2D eigenvalue weighted by atomic mass is 9.74. The maximum Gasteiger partial charge on any atom is 0.231 e. The molecule has 2 aliphatic rings. The Bertz CT molecular complexity index is 935. The second kappa shape index (κ2) is 8.02. The standard InChI is InChI=1S/C23H27F2N3O2/c1-12(2)14-7-8-15(23(30)28-10-13(3)20(29)11-28)22-16(14)9-19(26-27-22)21-17(24)5-4-6-18(21)25/h4-6,9,12-15,20,29H,7-8,10-11H2,1-3H3/t13-,14-,15?,20-/m0/s1. The van der Waals surface area contributed by atoms with Gasteiger partial charge in [-0.05, 0) is 48.4 Å². The molecule has 1 unspecified atom stereocenters. The molecule has 160 valence electrons. The minimum Gasteiger partial charge on any atom is -0.391 e. The Morgan fingerprint density at radius 3 is 2.47 bits per heavy atom. The molecule has 1 amide bonds. The number of nitrogens with zero attached hydrogens (tertiary/aromatic N) is 3. The van der Waals surface area contributed by atoms with Gasteiger partial charge in [0.1, 0.15) is 11.6 Å². The Balaban J connectivity index is 1.74. The molecular weight excluding hydrogens is 388 g/mol. The van der Waals surface area contributed by atoms with Gasteiger partial charge >= 0.3 is 0 Å². The molecule has 1 N–H and O–H groups in total. The fourth-order valence-corrected chi connectivity index (χ4v) is 4.77.